The molecule has 3 aliphatic carbocycles. The average Bonchev–Trinajstić information content (AvgIpc) is 3.30. The Labute approximate surface area is 201 Å². The van der Waals surface area contributed by atoms with E-state index in [1.807, 2.05) is 0 Å². The molecule has 1 aromatic rings. The van der Waals surface area contributed by atoms with Crippen LogP contribution in [0, 0.1) is 23.7 Å². The fraction of sp³-hybridized carbons (Fsp3) is 0.667. The van der Waals surface area contributed by atoms with E-state index in [0.717, 1.165) is 38.3 Å². The van der Waals surface area contributed by atoms with E-state index in [1.165, 1.54) is 18.9 Å². The molecule has 1 aliphatic heterocycles. The van der Waals surface area contributed by atoms with Crippen LogP contribution in [0.25, 0.3) is 0 Å². The molecular formula is C24H31F3N6O2. The van der Waals surface area contributed by atoms with Crippen LogP contribution in [0.1, 0.15) is 51.0 Å². The summed E-state index contributed by atoms with van der Waals surface area (Å²) in [7, 11) is 0. The van der Waals surface area contributed by atoms with Gasteiger partial charge in [0.15, 0.2) is 0 Å². The summed E-state index contributed by atoms with van der Waals surface area (Å²) >= 11 is 0. The number of carbonyl (C=O) groups is 2. The quantitative estimate of drug-likeness (QED) is 0.526. The molecular weight excluding hydrogens is 461 g/mol. The van der Waals surface area contributed by atoms with E-state index in [9.17, 15) is 22.8 Å². The molecule has 0 radical (unpaired) electrons. The number of piperidine rings is 1. The Kier molecular flexibility index (Phi) is 6.13. The Bertz CT molecular complexity index is 1040. The number of carbonyl (C=O) groups excluding carboxylic acids is 2. The van der Waals surface area contributed by atoms with Crippen LogP contribution >= 0.6 is 0 Å². The van der Waals surface area contributed by atoms with Crippen molar-refractivity contribution in [2.45, 2.75) is 63.7 Å². The third kappa shape index (κ3) is 4.56. The lowest BCUT2D eigenvalue weighted by Gasteiger charge is -2.36. The number of likely N-dealkylation sites (tertiary alicyclic amines) is 1. The molecule has 11 heteroatoms. The van der Waals surface area contributed by atoms with Crippen LogP contribution in [0.2, 0.25) is 0 Å². The highest BCUT2D eigenvalue weighted by Crippen LogP contribution is 2.54. The molecule has 5 atom stereocenters. The number of rotatable bonds is 6. The lowest BCUT2D eigenvalue weighted by Crippen LogP contribution is -2.44. The number of alkyl halides is 3. The predicted octanol–water partition coefficient (Wildman–Crippen LogP) is 3.18. The number of aromatic nitrogens is 2. The number of halogens is 3. The van der Waals surface area contributed by atoms with Crippen molar-refractivity contribution < 1.29 is 22.8 Å². The van der Waals surface area contributed by atoms with E-state index in [1.54, 1.807) is 4.90 Å². The first kappa shape index (κ1) is 23.9. The molecule has 2 heterocycles. The molecule has 1 aromatic heterocycles. The van der Waals surface area contributed by atoms with E-state index in [4.69, 9.17) is 5.73 Å². The monoisotopic (exact) mass is 492 g/mol. The van der Waals surface area contributed by atoms with Crippen molar-refractivity contribution in [3.05, 3.63) is 23.4 Å². The fourth-order valence-electron chi connectivity index (χ4n) is 6.23. The SMILES string of the molecule is CC(=O)N1CCC[C@H](Nc2ncc(C(F)(F)F)c(N[C@H]3[C@@H](C(N)=O)[C@H]4C[C@@H]3C=C4C3CCC3)n2)C1. The third-order valence-corrected chi connectivity index (χ3v) is 8.15. The Balaban J connectivity index is 1.39. The zero-order valence-corrected chi connectivity index (χ0v) is 19.6. The molecule has 0 unspecified atom stereocenters. The molecule has 5 rings (SSSR count). The van der Waals surface area contributed by atoms with Crippen LogP contribution in [0.15, 0.2) is 17.8 Å². The summed E-state index contributed by atoms with van der Waals surface area (Å²) in [6.07, 6.45) is 3.87. The van der Waals surface area contributed by atoms with E-state index in [-0.39, 0.29) is 35.6 Å². The molecule has 8 nitrogen and oxygen atoms in total. The lowest BCUT2D eigenvalue weighted by atomic mass is 9.71. The van der Waals surface area contributed by atoms with Crippen molar-refractivity contribution in [1.82, 2.24) is 14.9 Å². The summed E-state index contributed by atoms with van der Waals surface area (Å²) in [5.74, 6) is -1.02. The maximum Gasteiger partial charge on any atom is 0.421 e. The largest absolute Gasteiger partial charge is 0.421 e. The summed E-state index contributed by atoms with van der Waals surface area (Å²) in [6.45, 7) is 2.59. The summed E-state index contributed by atoms with van der Waals surface area (Å²) < 4.78 is 41.5. The topological polar surface area (TPSA) is 113 Å². The first-order chi connectivity index (χ1) is 16.6. The van der Waals surface area contributed by atoms with Gasteiger partial charge in [0.25, 0.3) is 0 Å². The number of primary amides is 1. The average molecular weight is 493 g/mol. The normalized spacial score (nSPS) is 30.6. The predicted molar refractivity (Wildman–Crippen MR) is 123 cm³/mol. The zero-order chi connectivity index (χ0) is 24.9. The number of fused-ring (bicyclic) bond motifs is 2. The second-order valence-electron chi connectivity index (χ2n) is 10.3. The van der Waals surface area contributed by atoms with Crippen molar-refractivity contribution >= 4 is 23.6 Å². The van der Waals surface area contributed by atoms with Crippen LogP contribution in [0.5, 0.6) is 0 Å². The number of anilines is 2. The number of nitrogens with two attached hydrogens (primary N) is 1. The van der Waals surface area contributed by atoms with Gasteiger partial charge in [0.2, 0.25) is 17.8 Å². The molecule has 0 aromatic carbocycles. The van der Waals surface area contributed by atoms with Gasteiger partial charge in [0.1, 0.15) is 11.4 Å². The van der Waals surface area contributed by atoms with Gasteiger partial charge in [-0.25, -0.2) is 4.98 Å². The van der Waals surface area contributed by atoms with Gasteiger partial charge in [-0.2, -0.15) is 18.2 Å². The fourth-order valence-corrected chi connectivity index (χ4v) is 6.23. The second-order valence-corrected chi connectivity index (χ2v) is 10.3. The van der Waals surface area contributed by atoms with Crippen molar-refractivity contribution in [3.63, 3.8) is 0 Å². The summed E-state index contributed by atoms with van der Waals surface area (Å²) in [5, 5.41) is 6.05. The van der Waals surface area contributed by atoms with Crippen LogP contribution in [0.3, 0.4) is 0 Å². The van der Waals surface area contributed by atoms with Crippen LogP contribution < -0.4 is 16.4 Å². The Morgan fingerprint density at radius 3 is 2.57 bits per heavy atom. The van der Waals surface area contributed by atoms with Gasteiger partial charge in [0, 0.05) is 38.3 Å². The number of amides is 2. The van der Waals surface area contributed by atoms with Gasteiger partial charge >= 0.3 is 6.18 Å². The minimum atomic E-state index is -4.66. The van der Waals surface area contributed by atoms with Gasteiger partial charge < -0.3 is 21.3 Å². The minimum Gasteiger partial charge on any atom is -0.369 e. The standard InChI is InChI=1S/C24H31F3N6O2/c1-12(34)33-7-3-6-15(11-33)30-23-29-10-18(24(25,26)27)22(32-23)31-20-14-8-16(13-4-2-5-13)17(9-14)19(20)21(28)35/h8,10,13-15,17,19-20H,2-7,9,11H2,1H3,(H2,28,35)(H2,29,30,31,32)/t14-,15-,17-,19-,20+/m0/s1. The van der Waals surface area contributed by atoms with Crippen LogP contribution in [0.4, 0.5) is 24.9 Å². The van der Waals surface area contributed by atoms with Gasteiger partial charge in [-0.05, 0) is 49.9 Å². The van der Waals surface area contributed by atoms with Crippen molar-refractivity contribution in [1.29, 1.82) is 0 Å². The lowest BCUT2D eigenvalue weighted by molar-refractivity contribution is -0.137. The highest BCUT2D eigenvalue weighted by molar-refractivity contribution is 5.80. The molecule has 2 bridgehead atoms. The molecule has 0 spiro atoms. The smallest absolute Gasteiger partial charge is 0.369 e. The molecule has 190 valence electrons. The van der Waals surface area contributed by atoms with Gasteiger partial charge in [-0.15, -0.1) is 0 Å². The highest BCUT2D eigenvalue weighted by atomic mass is 19.4. The molecule has 35 heavy (non-hydrogen) atoms. The third-order valence-electron chi connectivity index (χ3n) is 8.15. The van der Waals surface area contributed by atoms with Gasteiger partial charge in [0.05, 0.1) is 5.92 Å². The number of allylic oxidation sites excluding steroid dienone is 1. The van der Waals surface area contributed by atoms with Crippen molar-refractivity contribution in [2.24, 2.45) is 29.4 Å². The van der Waals surface area contributed by atoms with E-state index < -0.39 is 29.6 Å². The minimum absolute atomic E-state index is 0.0196. The molecule has 4 N–H and O–H groups in total. The van der Waals surface area contributed by atoms with E-state index in [0.29, 0.717) is 19.0 Å². The number of nitrogens with one attached hydrogen (secondary N) is 2. The zero-order valence-electron chi connectivity index (χ0n) is 19.6. The number of hydrogen-bond acceptors (Lipinski definition) is 6. The van der Waals surface area contributed by atoms with Gasteiger partial charge in [-0.1, -0.05) is 18.1 Å². The molecule has 4 aliphatic rings. The highest BCUT2D eigenvalue weighted by Gasteiger charge is 2.53. The summed E-state index contributed by atoms with van der Waals surface area (Å²) in [4.78, 5) is 33.9. The first-order valence-corrected chi connectivity index (χ1v) is 12.4. The van der Waals surface area contributed by atoms with Crippen molar-refractivity contribution in [2.75, 3.05) is 23.7 Å². The van der Waals surface area contributed by atoms with Gasteiger partial charge in [-0.3, -0.25) is 9.59 Å². The van der Waals surface area contributed by atoms with E-state index >= 15 is 0 Å². The van der Waals surface area contributed by atoms with Crippen LogP contribution in [-0.2, 0) is 15.8 Å². The second kappa shape index (κ2) is 8.98. The molecule has 2 saturated carbocycles. The van der Waals surface area contributed by atoms with Crippen LogP contribution in [-0.4, -0.2) is 51.9 Å². The Hall–Kier alpha value is -2.85. The molecule has 2 amide bonds. The number of nitrogens with zero attached hydrogens (tertiary/aromatic N) is 3. The Morgan fingerprint density at radius 1 is 1.17 bits per heavy atom. The first-order valence-electron chi connectivity index (χ1n) is 12.4. The molecule has 1 saturated heterocycles. The van der Waals surface area contributed by atoms with Crippen molar-refractivity contribution in [3.8, 4) is 0 Å². The Morgan fingerprint density at radius 2 is 1.94 bits per heavy atom. The maximum absolute atomic E-state index is 13.8. The number of hydrogen-bond donors (Lipinski definition) is 3. The summed E-state index contributed by atoms with van der Waals surface area (Å²) in [6, 6.07) is -0.709. The van der Waals surface area contributed by atoms with E-state index in [2.05, 4.69) is 26.7 Å². The molecule has 3 fully saturated rings. The summed E-state index contributed by atoms with van der Waals surface area (Å²) in [5.41, 5.74) is 6.04. The maximum atomic E-state index is 13.8.